The number of rotatable bonds is 3. The van der Waals surface area contributed by atoms with Gasteiger partial charge >= 0.3 is 6.09 Å². The van der Waals surface area contributed by atoms with Gasteiger partial charge in [0.25, 0.3) is 0 Å². The van der Waals surface area contributed by atoms with E-state index in [0.29, 0.717) is 18.7 Å². The van der Waals surface area contributed by atoms with E-state index in [9.17, 15) is 9.18 Å². The molecule has 0 saturated carbocycles. The number of cyclic esters (lactones) is 1. The number of nitrogens with one attached hydrogen (secondary N) is 1. The molecule has 0 spiro atoms. The van der Waals surface area contributed by atoms with Crippen molar-refractivity contribution in [2.24, 2.45) is 0 Å². The van der Waals surface area contributed by atoms with Crippen LogP contribution in [0.5, 0.6) is 5.75 Å². The van der Waals surface area contributed by atoms with Gasteiger partial charge in [-0.2, -0.15) is 0 Å². The number of nitrogens with zero attached hydrogens (tertiary/aromatic N) is 2. The van der Waals surface area contributed by atoms with E-state index in [2.05, 4.69) is 9.97 Å². The number of phenols is 1. The summed E-state index contributed by atoms with van der Waals surface area (Å²) < 4.78 is 18.5. The van der Waals surface area contributed by atoms with Gasteiger partial charge in [0.2, 0.25) is 0 Å². The average molecular weight is 277 g/mol. The van der Waals surface area contributed by atoms with E-state index in [1.165, 1.54) is 17.0 Å². The van der Waals surface area contributed by atoms with Gasteiger partial charge in [-0.05, 0) is 12.1 Å². The Bertz CT molecular complexity index is 630. The van der Waals surface area contributed by atoms with Crippen molar-refractivity contribution in [1.29, 1.82) is 0 Å². The highest BCUT2D eigenvalue weighted by molar-refractivity contribution is 5.89. The van der Waals surface area contributed by atoms with Crippen LogP contribution in [-0.2, 0) is 11.2 Å². The topological polar surface area (TPSA) is 78.5 Å². The Kier molecular flexibility index (Phi) is 3.02. The van der Waals surface area contributed by atoms with E-state index in [1.54, 1.807) is 12.4 Å². The van der Waals surface area contributed by atoms with E-state index in [-0.39, 0.29) is 6.10 Å². The predicted octanol–water partition coefficient (Wildman–Crippen LogP) is 1.82. The number of imidazole rings is 1. The summed E-state index contributed by atoms with van der Waals surface area (Å²) in [6.07, 6.45) is 2.91. The summed E-state index contributed by atoms with van der Waals surface area (Å²) in [6, 6.07) is 3.78. The number of aromatic amines is 1. The van der Waals surface area contributed by atoms with Crippen LogP contribution in [-0.4, -0.2) is 33.8 Å². The average Bonchev–Trinajstić information content (AvgIpc) is 3.03. The smallest absolute Gasteiger partial charge is 0.414 e. The standard InChI is InChI=1S/C13H12FN3O3/c14-10-5-8(1-2-11(10)18)17-7-9(20-13(17)19)6-12-15-3-4-16-12/h1-5,9,18H,6-7H2,(H,15,16)/t9-/m0/s1. The minimum Gasteiger partial charge on any atom is -0.505 e. The molecule has 1 aromatic heterocycles. The summed E-state index contributed by atoms with van der Waals surface area (Å²) in [6.45, 7) is 0.309. The molecule has 2 N–H and O–H groups in total. The Morgan fingerprint density at radius 2 is 2.40 bits per heavy atom. The lowest BCUT2D eigenvalue weighted by molar-refractivity contribution is 0.140. The molecule has 1 amide bonds. The quantitative estimate of drug-likeness (QED) is 0.897. The van der Waals surface area contributed by atoms with Crippen LogP contribution < -0.4 is 4.90 Å². The van der Waals surface area contributed by atoms with Crippen molar-refractivity contribution in [2.45, 2.75) is 12.5 Å². The lowest BCUT2D eigenvalue weighted by Crippen LogP contribution is -2.25. The van der Waals surface area contributed by atoms with Crippen LogP contribution in [0, 0.1) is 5.82 Å². The van der Waals surface area contributed by atoms with Crippen molar-refractivity contribution in [3.05, 3.63) is 42.2 Å². The zero-order chi connectivity index (χ0) is 14.1. The number of aromatic nitrogens is 2. The van der Waals surface area contributed by atoms with Crippen molar-refractivity contribution < 1.29 is 19.0 Å². The fraction of sp³-hybridized carbons (Fsp3) is 0.231. The van der Waals surface area contributed by atoms with E-state index in [1.807, 2.05) is 0 Å². The van der Waals surface area contributed by atoms with Gasteiger partial charge in [0.1, 0.15) is 11.9 Å². The first-order valence-electron chi connectivity index (χ1n) is 6.08. The maximum atomic E-state index is 13.3. The molecular formula is C13H12FN3O3. The normalized spacial score (nSPS) is 18.4. The molecule has 0 radical (unpaired) electrons. The first-order chi connectivity index (χ1) is 9.63. The van der Waals surface area contributed by atoms with E-state index in [4.69, 9.17) is 9.84 Å². The highest BCUT2D eigenvalue weighted by Gasteiger charge is 2.33. The third-order valence-electron chi connectivity index (χ3n) is 3.09. The Morgan fingerprint density at radius 3 is 3.10 bits per heavy atom. The van der Waals surface area contributed by atoms with Crippen LogP contribution in [0.2, 0.25) is 0 Å². The lowest BCUT2D eigenvalue weighted by Gasteiger charge is -2.13. The Labute approximate surface area is 113 Å². The molecule has 1 fully saturated rings. The van der Waals surface area contributed by atoms with E-state index < -0.39 is 17.7 Å². The molecule has 20 heavy (non-hydrogen) atoms. The summed E-state index contributed by atoms with van der Waals surface area (Å²) >= 11 is 0. The predicted molar refractivity (Wildman–Crippen MR) is 68.0 cm³/mol. The maximum Gasteiger partial charge on any atom is 0.414 e. The molecule has 2 heterocycles. The largest absolute Gasteiger partial charge is 0.505 e. The van der Waals surface area contributed by atoms with E-state index in [0.717, 1.165) is 11.9 Å². The van der Waals surface area contributed by atoms with Crippen molar-refractivity contribution in [1.82, 2.24) is 9.97 Å². The summed E-state index contributed by atoms with van der Waals surface area (Å²) in [4.78, 5) is 20.1. The first kappa shape index (κ1) is 12.5. The molecule has 1 aliphatic heterocycles. The van der Waals surface area contributed by atoms with Crippen LogP contribution in [0.25, 0.3) is 0 Å². The van der Waals surface area contributed by atoms with Crippen LogP contribution >= 0.6 is 0 Å². The monoisotopic (exact) mass is 277 g/mol. The number of ether oxygens (including phenoxy) is 1. The third-order valence-corrected chi connectivity index (χ3v) is 3.09. The number of halogens is 1. The zero-order valence-corrected chi connectivity index (χ0v) is 10.4. The number of carbonyl (C=O) groups is 1. The number of hydrogen-bond acceptors (Lipinski definition) is 4. The Balaban J connectivity index is 1.75. The molecule has 0 bridgehead atoms. The summed E-state index contributed by atoms with van der Waals surface area (Å²) in [7, 11) is 0. The first-order valence-corrected chi connectivity index (χ1v) is 6.08. The van der Waals surface area contributed by atoms with Gasteiger partial charge in [-0.1, -0.05) is 0 Å². The van der Waals surface area contributed by atoms with Crippen LogP contribution in [0.15, 0.2) is 30.6 Å². The maximum absolute atomic E-state index is 13.3. The van der Waals surface area contributed by atoms with E-state index >= 15 is 0 Å². The number of amides is 1. The highest BCUT2D eigenvalue weighted by Crippen LogP contribution is 2.26. The molecular weight excluding hydrogens is 265 g/mol. The van der Waals surface area contributed by atoms with Gasteiger partial charge in [0, 0.05) is 24.9 Å². The van der Waals surface area contributed by atoms with Crippen molar-refractivity contribution in [2.75, 3.05) is 11.4 Å². The highest BCUT2D eigenvalue weighted by atomic mass is 19.1. The summed E-state index contributed by atoms with van der Waals surface area (Å²) in [5.74, 6) is -0.500. The molecule has 104 valence electrons. The second kappa shape index (κ2) is 4.84. The van der Waals surface area contributed by atoms with Crippen molar-refractivity contribution in [3.63, 3.8) is 0 Å². The van der Waals surface area contributed by atoms with Crippen LogP contribution in [0.3, 0.4) is 0 Å². The van der Waals surface area contributed by atoms with Crippen molar-refractivity contribution in [3.8, 4) is 5.75 Å². The van der Waals surface area contributed by atoms with Gasteiger partial charge in [-0.3, -0.25) is 4.90 Å². The third kappa shape index (κ3) is 2.29. The van der Waals surface area contributed by atoms with Gasteiger partial charge in [-0.15, -0.1) is 0 Å². The minimum absolute atomic E-state index is 0.309. The summed E-state index contributed by atoms with van der Waals surface area (Å²) in [5.41, 5.74) is 0.354. The van der Waals surface area contributed by atoms with Gasteiger partial charge < -0.3 is 14.8 Å². The lowest BCUT2D eigenvalue weighted by atomic mass is 10.2. The molecule has 1 aromatic carbocycles. The second-order valence-electron chi connectivity index (χ2n) is 4.49. The Morgan fingerprint density at radius 1 is 1.55 bits per heavy atom. The molecule has 6 nitrogen and oxygen atoms in total. The van der Waals surface area contributed by atoms with Gasteiger partial charge in [0.05, 0.1) is 12.2 Å². The fourth-order valence-corrected chi connectivity index (χ4v) is 2.13. The molecule has 1 atom stereocenters. The van der Waals surface area contributed by atoms with Gasteiger partial charge in [0.15, 0.2) is 11.6 Å². The second-order valence-corrected chi connectivity index (χ2v) is 4.49. The summed E-state index contributed by atoms with van der Waals surface area (Å²) in [5, 5.41) is 9.15. The number of phenolic OH excluding ortho intramolecular Hbond substituents is 1. The Hall–Kier alpha value is -2.57. The SMILES string of the molecule is O=C1O[C@@H](Cc2ncc[nH]2)CN1c1ccc(O)c(F)c1. The molecule has 2 aromatic rings. The number of carbonyl (C=O) groups excluding carboxylic acids is 1. The van der Waals surface area contributed by atoms with Crippen LogP contribution in [0.1, 0.15) is 5.82 Å². The molecule has 0 unspecified atom stereocenters. The number of hydrogen-bond donors (Lipinski definition) is 2. The minimum atomic E-state index is -0.773. The van der Waals surface area contributed by atoms with Crippen molar-refractivity contribution >= 4 is 11.8 Å². The number of benzene rings is 1. The number of H-pyrrole nitrogens is 1. The van der Waals surface area contributed by atoms with Gasteiger partial charge in [-0.25, -0.2) is 14.2 Å². The number of aromatic hydroxyl groups is 1. The molecule has 1 saturated heterocycles. The number of anilines is 1. The molecule has 7 heteroatoms. The zero-order valence-electron chi connectivity index (χ0n) is 10.4. The molecule has 1 aliphatic rings. The molecule has 0 aliphatic carbocycles. The molecule has 3 rings (SSSR count). The van der Waals surface area contributed by atoms with Crippen LogP contribution in [0.4, 0.5) is 14.9 Å². The fourth-order valence-electron chi connectivity index (χ4n) is 2.13.